The van der Waals surface area contributed by atoms with Gasteiger partial charge in [0.05, 0.1) is 6.54 Å². The summed E-state index contributed by atoms with van der Waals surface area (Å²) in [7, 11) is 0. The lowest BCUT2D eigenvalue weighted by Crippen LogP contribution is -2.43. The summed E-state index contributed by atoms with van der Waals surface area (Å²) in [6.45, 7) is 4.36. The molecule has 1 aliphatic rings. The molecule has 118 valence electrons. The van der Waals surface area contributed by atoms with Crippen LogP contribution in [-0.4, -0.2) is 27.3 Å². The Balaban J connectivity index is 1.84. The van der Waals surface area contributed by atoms with Crippen LogP contribution in [0.2, 0.25) is 0 Å². The fourth-order valence-corrected chi connectivity index (χ4v) is 2.85. The number of hydrogen-bond donors (Lipinski definition) is 0. The minimum atomic E-state index is -0.832. The molecule has 2 aromatic rings. The number of benzene rings is 2. The van der Waals surface area contributed by atoms with Crippen molar-refractivity contribution in [3.05, 3.63) is 71.8 Å². The molecule has 4 nitrogen and oxygen atoms in total. The summed E-state index contributed by atoms with van der Waals surface area (Å²) >= 11 is 0. The molecule has 0 radical (unpaired) electrons. The summed E-state index contributed by atoms with van der Waals surface area (Å²) < 4.78 is 0. The molecule has 0 aromatic heterocycles. The molecule has 3 amide bonds. The molecule has 1 aliphatic heterocycles. The van der Waals surface area contributed by atoms with Gasteiger partial charge >= 0.3 is 6.03 Å². The number of carbonyl (C=O) groups is 2. The molecule has 4 heteroatoms. The Kier molecular flexibility index (Phi) is 3.90. The lowest BCUT2D eigenvalue weighted by molar-refractivity contribution is -0.132. The van der Waals surface area contributed by atoms with Crippen molar-refractivity contribution in [3.63, 3.8) is 0 Å². The van der Waals surface area contributed by atoms with Gasteiger partial charge in [0.1, 0.15) is 5.54 Å². The van der Waals surface area contributed by atoms with Gasteiger partial charge in [-0.05, 0) is 25.0 Å². The number of carbonyl (C=O) groups excluding carboxylic acids is 2. The first-order valence-corrected chi connectivity index (χ1v) is 7.71. The van der Waals surface area contributed by atoms with Crippen molar-refractivity contribution in [2.24, 2.45) is 0 Å². The fraction of sp³-hybridized carbons (Fsp3) is 0.263. The van der Waals surface area contributed by atoms with Gasteiger partial charge in [-0.15, -0.1) is 0 Å². The molecule has 0 spiro atoms. The molecule has 3 rings (SSSR count). The molecule has 1 heterocycles. The summed E-state index contributed by atoms with van der Waals surface area (Å²) in [4.78, 5) is 28.5. The van der Waals surface area contributed by atoms with Crippen LogP contribution in [0.5, 0.6) is 0 Å². The van der Waals surface area contributed by atoms with Gasteiger partial charge in [0.15, 0.2) is 0 Å². The Labute approximate surface area is 136 Å². The highest BCUT2D eigenvalue weighted by atomic mass is 16.2. The summed E-state index contributed by atoms with van der Waals surface area (Å²) in [5.74, 6) is -0.151. The van der Waals surface area contributed by atoms with Crippen LogP contribution in [0.3, 0.4) is 0 Å². The van der Waals surface area contributed by atoms with E-state index in [1.165, 1.54) is 4.90 Å². The third-order valence-electron chi connectivity index (χ3n) is 4.27. The second-order valence-electron chi connectivity index (χ2n) is 6.29. The van der Waals surface area contributed by atoms with E-state index >= 15 is 0 Å². The number of amides is 3. The van der Waals surface area contributed by atoms with E-state index < -0.39 is 5.54 Å². The minimum absolute atomic E-state index is 0.151. The highest BCUT2D eigenvalue weighted by Gasteiger charge is 2.50. The van der Waals surface area contributed by atoms with Gasteiger partial charge in [0.25, 0.3) is 5.91 Å². The van der Waals surface area contributed by atoms with Crippen molar-refractivity contribution in [1.29, 1.82) is 0 Å². The van der Waals surface area contributed by atoms with Crippen LogP contribution in [0.1, 0.15) is 25.0 Å². The zero-order valence-corrected chi connectivity index (χ0v) is 13.4. The second-order valence-corrected chi connectivity index (χ2v) is 6.29. The van der Waals surface area contributed by atoms with E-state index in [0.717, 1.165) is 11.1 Å². The van der Waals surface area contributed by atoms with Gasteiger partial charge in [-0.2, -0.15) is 0 Å². The molecule has 1 fully saturated rings. The topological polar surface area (TPSA) is 40.6 Å². The van der Waals surface area contributed by atoms with Crippen LogP contribution in [-0.2, 0) is 17.9 Å². The number of rotatable bonds is 4. The quantitative estimate of drug-likeness (QED) is 0.812. The van der Waals surface area contributed by atoms with Crippen molar-refractivity contribution >= 4 is 11.9 Å². The Morgan fingerprint density at radius 2 is 1.26 bits per heavy atom. The Morgan fingerprint density at radius 1 is 0.783 bits per heavy atom. The molecule has 23 heavy (non-hydrogen) atoms. The van der Waals surface area contributed by atoms with Crippen LogP contribution < -0.4 is 0 Å². The van der Waals surface area contributed by atoms with Gasteiger partial charge in [0, 0.05) is 6.54 Å². The molecule has 0 atom stereocenters. The average molecular weight is 308 g/mol. The molecule has 0 aliphatic carbocycles. The summed E-state index contributed by atoms with van der Waals surface area (Å²) in [5, 5.41) is 0. The number of hydrogen-bond acceptors (Lipinski definition) is 2. The molecule has 0 N–H and O–H groups in total. The SMILES string of the molecule is CC1(C)C(=O)N(Cc2ccccc2)C(=O)N1Cc1ccccc1. The fourth-order valence-electron chi connectivity index (χ4n) is 2.85. The van der Waals surface area contributed by atoms with E-state index in [2.05, 4.69) is 0 Å². The van der Waals surface area contributed by atoms with Crippen molar-refractivity contribution in [2.75, 3.05) is 0 Å². The molecule has 0 unspecified atom stereocenters. The van der Waals surface area contributed by atoms with Gasteiger partial charge < -0.3 is 4.90 Å². The van der Waals surface area contributed by atoms with Crippen LogP contribution >= 0.6 is 0 Å². The van der Waals surface area contributed by atoms with Crippen molar-refractivity contribution < 1.29 is 9.59 Å². The summed E-state index contributed by atoms with van der Waals surface area (Å²) in [6.07, 6.45) is 0. The Hall–Kier alpha value is -2.62. The van der Waals surface area contributed by atoms with Gasteiger partial charge in [0.2, 0.25) is 0 Å². The van der Waals surface area contributed by atoms with Crippen LogP contribution in [0.15, 0.2) is 60.7 Å². The maximum atomic E-state index is 12.8. The van der Waals surface area contributed by atoms with Crippen LogP contribution in [0, 0.1) is 0 Å². The van der Waals surface area contributed by atoms with Gasteiger partial charge in [-0.1, -0.05) is 60.7 Å². The zero-order chi connectivity index (χ0) is 16.4. The minimum Gasteiger partial charge on any atom is -0.306 e. The third kappa shape index (κ3) is 2.84. The first-order valence-electron chi connectivity index (χ1n) is 7.71. The maximum Gasteiger partial charge on any atom is 0.328 e. The largest absolute Gasteiger partial charge is 0.328 e. The normalized spacial score (nSPS) is 17.0. The third-order valence-corrected chi connectivity index (χ3v) is 4.27. The Morgan fingerprint density at radius 3 is 1.78 bits per heavy atom. The van der Waals surface area contributed by atoms with E-state index in [1.54, 1.807) is 18.7 Å². The zero-order valence-electron chi connectivity index (χ0n) is 13.4. The van der Waals surface area contributed by atoms with Crippen LogP contribution in [0.4, 0.5) is 4.79 Å². The number of imide groups is 1. The van der Waals surface area contributed by atoms with Crippen molar-refractivity contribution in [3.8, 4) is 0 Å². The van der Waals surface area contributed by atoms with Crippen molar-refractivity contribution in [2.45, 2.75) is 32.5 Å². The monoisotopic (exact) mass is 308 g/mol. The molecule has 2 aromatic carbocycles. The molecular weight excluding hydrogens is 288 g/mol. The van der Waals surface area contributed by atoms with Crippen LogP contribution in [0.25, 0.3) is 0 Å². The number of urea groups is 1. The van der Waals surface area contributed by atoms with E-state index in [0.29, 0.717) is 13.1 Å². The standard InChI is InChI=1S/C19H20N2O2/c1-19(2)17(22)20(13-15-9-5-3-6-10-15)18(23)21(19)14-16-11-7-4-8-12-16/h3-12H,13-14H2,1-2H3. The van der Waals surface area contributed by atoms with E-state index in [4.69, 9.17) is 0 Å². The first kappa shape index (κ1) is 15.3. The predicted molar refractivity (Wildman–Crippen MR) is 88.5 cm³/mol. The summed E-state index contributed by atoms with van der Waals surface area (Å²) in [6, 6.07) is 19.1. The molecular formula is C19H20N2O2. The van der Waals surface area contributed by atoms with E-state index in [9.17, 15) is 9.59 Å². The highest BCUT2D eigenvalue weighted by molar-refractivity contribution is 6.06. The Bertz CT molecular complexity index is 711. The maximum absolute atomic E-state index is 12.8. The lowest BCUT2D eigenvalue weighted by atomic mass is 10.0. The van der Waals surface area contributed by atoms with E-state index in [-0.39, 0.29) is 11.9 Å². The average Bonchev–Trinajstić information content (AvgIpc) is 2.72. The van der Waals surface area contributed by atoms with E-state index in [1.807, 2.05) is 60.7 Å². The highest BCUT2D eigenvalue weighted by Crippen LogP contribution is 2.30. The molecule has 0 bridgehead atoms. The second kappa shape index (κ2) is 5.88. The smallest absolute Gasteiger partial charge is 0.306 e. The predicted octanol–water partition coefficient (Wildman–Crippen LogP) is 3.43. The number of nitrogens with zero attached hydrogens (tertiary/aromatic N) is 2. The molecule has 0 saturated carbocycles. The molecule has 1 saturated heterocycles. The van der Waals surface area contributed by atoms with Gasteiger partial charge in [-0.3, -0.25) is 9.69 Å². The van der Waals surface area contributed by atoms with Crippen molar-refractivity contribution in [1.82, 2.24) is 9.80 Å². The first-order chi connectivity index (χ1) is 11.0. The lowest BCUT2D eigenvalue weighted by Gasteiger charge is -2.27. The summed E-state index contributed by atoms with van der Waals surface area (Å²) in [5.41, 5.74) is 1.14. The van der Waals surface area contributed by atoms with Gasteiger partial charge in [-0.25, -0.2) is 4.79 Å².